The molecule has 3 heterocycles. The maximum Gasteiger partial charge on any atom is 0.412 e. The molecule has 3 rings (SSSR count). The highest BCUT2D eigenvalue weighted by Gasteiger charge is 2.20. The van der Waals surface area contributed by atoms with Crippen LogP contribution in [-0.2, 0) is 4.74 Å². The van der Waals surface area contributed by atoms with Crippen molar-refractivity contribution >= 4 is 34.3 Å². The Hall–Kier alpha value is -2.47. The van der Waals surface area contributed by atoms with Gasteiger partial charge >= 0.3 is 6.09 Å². The van der Waals surface area contributed by atoms with E-state index >= 15 is 0 Å². The number of carbonyl (C=O) groups excluding carboxylic acids is 1. The zero-order valence-electron chi connectivity index (χ0n) is 15.9. The molecule has 2 aromatic rings. The number of aromatic nitrogens is 2. The van der Waals surface area contributed by atoms with E-state index in [4.69, 9.17) is 4.74 Å². The molecule has 0 fully saturated rings. The molecule has 1 aliphatic rings. The van der Waals surface area contributed by atoms with Crippen LogP contribution in [0.4, 0.5) is 10.6 Å². The molecule has 0 aromatic carbocycles. The smallest absolute Gasteiger partial charge is 0.412 e. The first-order chi connectivity index (χ1) is 12.5. The van der Waals surface area contributed by atoms with Crippen molar-refractivity contribution in [1.82, 2.24) is 9.55 Å². The summed E-state index contributed by atoms with van der Waals surface area (Å²) in [4.78, 5) is 16.1. The van der Waals surface area contributed by atoms with Gasteiger partial charge in [-0.15, -0.1) is 0 Å². The van der Waals surface area contributed by atoms with E-state index in [0.717, 1.165) is 32.6 Å². The summed E-state index contributed by atoms with van der Waals surface area (Å²) in [6.07, 6.45) is 1.56. The van der Waals surface area contributed by atoms with Crippen molar-refractivity contribution in [1.29, 1.82) is 0 Å². The SMILES string of the molecule is C=C1C=C(n2c(C)ccc2C)Sc2nc(NC(=O)OCC)ccc21.CC.[HH]. The second kappa shape index (κ2) is 8.76. The third-order valence-corrected chi connectivity index (χ3v) is 4.72. The molecule has 0 radical (unpaired) electrons. The Bertz CT molecular complexity index is 839. The number of hydrogen-bond donors (Lipinski definition) is 1. The number of fused-ring (bicyclic) bond motifs is 1. The number of anilines is 1. The minimum absolute atomic E-state index is 0. The summed E-state index contributed by atoms with van der Waals surface area (Å²) < 4.78 is 7.07. The number of aryl methyl sites for hydroxylation is 2. The van der Waals surface area contributed by atoms with E-state index in [1.165, 1.54) is 0 Å². The fraction of sp³-hybridized carbons (Fsp3) is 0.300. The summed E-state index contributed by atoms with van der Waals surface area (Å²) >= 11 is 1.56. The van der Waals surface area contributed by atoms with E-state index in [9.17, 15) is 4.79 Å². The van der Waals surface area contributed by atoms with Crippen molar-refractivity contribution in [3.8, 4) is 0 Å². The fourth-order valence-corrected chi connectivity index (χ4v) is 3.82. The Morgan fingerprint density at radius 2 is 1.92 bits per heavy atom. The van der Waals surface area contributed by atoms with Crippen LogP contribution in [0.2, 0.25) is 0 Å². The number of carbonyl (C=O) groups is 1. The summed E-state index contributed by atoms with van der Waals surface area (Å²) in [7, 11) is 0. The van der Waals surface area contributed by atoms with Crippen LogP contribution >= 0.6 is 11.8 Å². The van der Waals surface area contributed by atoms with E-state index in [1.807, 2.05) is 19.9 Å². The molecule has 5 nitrogen and oxygen atoms in total. The van der Waals surface area contributed by atoms with Crippen molar-refractivity contribution in [3.63, 3.8) is 0 Å². The largest absolute Gasteiger partial charge is 0.450 e. The predicted octanol–water partition coefficient (Wildman–Crippen LogP) is 5.96. The van der Waals surface area contributed by atoms with Crippen LogP contribution in [0.1, 0.15) is 39.1 Å². The summed E-state index contributed by atoms with van der Waals surface area (Å²) in [6, 6.07) is 7.84. The van der Waals surface area contributed by atoms with Gasteiger partial charge in [0, 0.05) is 18.4 Å². The van der Waals surface area contributed by atoms with Crippen molar-refractivity contribution in [3.05, 3.63) is 53.9 Å². The van der Waals surface area contributed by atoms with Crippen molar-refractivity contribution in [2.45, 2.75) is 39.6 Å². The van der Waals surface area contributed by atoms with Crippen LogP contribution in [-0.4, -0.2) is 22.3 Å². The quantitative estimate of drug-likeness (QED) is 0.721. The molecule has 1 aliphatic heterocycles. The Morgan fingerprint density at radius 3 is 2.54 bits per heavy atom. The molecular formula is C20H27N3O2S. The van der Waals surface area contributed by atoms with Gasteiger partial charge < -0.3 is 9.30 Å². The summed E-state index contributed by atoms with van der Waals surface area (Å²) in [5, 5.41) is 4.51. The third-order valence-electron chi connectivity index (χ3n) is 3.70. The zero-order chi connectivity index (χ0) is 19.3. The molecule has 2 aromatic heterocycles. The van der Waals surface area contributed by atoms with E-state index in [2.05, 4.69) is 53.5 Å². The lowest BCUT2D eigenvalue weighted by atomic mass is 10.1. The molecule has 0 spiro atoms. The highest BCUT2D eigenvalue weighted by atomic mass is 32.2. The van der Waals surface area contributed by atoms with Crippen molar-refractivity contribution in [2.24, 2.45) is 0 Å². The van der Waals surface area contributed by atoms with Crippen LogP contribution in [0.5, 0.6) is 0 Å². The first kappa shape index (κ1) is 19.8. The zero-order valence-corrected chi connectivity index (χ0v) is 16.7. The number of nitrogens with one attached hydrogen (secondary N) is 1. The first-order valence-electron chi connectivity index (χ1n) is 8.68. The van der Waals surface area contributed by atoms with Gasteiger partial charge in [-0.2, -0.15) is 0 Å². The van der Waals surface area contributed by atoms with Crippen LogP contribution < -0.4 is 5.32 Å². The topological polar surface area (TPSA) is 56.2 Å². The van der Waals surface area contributed by atoms with E-state index in [1.54, 1.807) is 24.8 Å². The highest BCUT2D eigenvalue weighted by Crippen LogP contribution is 2.42. The molecule has 0 unspecified atom stereocenters. The van der Waals surface area contributed by atoms with Gasteiger partial charge in [0.1, 0.15) is 10.8 Å². The standard InChI is InChI=1S/C18H19N3O2S.C2H6.H2/c1-5-23-18(22)20-15-9-8-14-11(2)10-16(24-17(14)19-15)21-12(3)6-7-13(21)4;1-2;/h6-10H,2,5H2,1,3-4H3,(H,19,20,22);1-2H3;1H. The molecule has 140 valence electrons. The molecule has 0 bridgehead atoms. The number of pyridine rings is 1. The van der Waals surface area contributed by atoms with Gasteiger partial charge in [-0.05, 0) is 56.7 Å². The van der Waals surface area contributed by atoms with Gasteiger partial charge in [-0.25, -0.2) is 9.78 Å². The molecule has 6 heteroatoms. The van der Waals surface area contributed by atoms with Gasteiger partial charge in [0.15, 0.2) is 0 Å². The maximum atomic E-state index is 11.6. The van der Waals surface area contributed by atoms with Gasteiger partial charge in [0.2, 0.25) is 0 Å². The Kier molecular flexibility index (Phi) is 6.69. The number of ether oxygens (including phenoxy) is 1. The normalized spacial score (nSPS) is 12.5. The first-order valence-corrected chi connectivity index (χ1v) is 9.50. The molecule has 1 N–H and O–H groups in total. The molecular weight excluding hydrogens is 346 g/mol. The maximum absolute atomic E-state index is 11.6. The Morgan fingerprint density at radius 1 is 1.27 bits per heavy atom. The lowest BCUT2D eigenvalue weighted by molar-refractivity contribution is 0.168. The molecule has 0 atom stereocenters. The fourth-order valence-electron chi connectivity index (χ4n) is 2.59. The minimum atomic E-state index is -0.502. The Balaban J connectivity index is 0.00000118. The van der Waals surface area contributed by atoms with Gasteiger partial charge in [-0.1, -0.05) is 32.2 Å². The lowest BCUT2D eigenvalue weighted by Crippen LogP contribution is -2.15. The molecule has 26 heavy (non-hydrogen) atoms. The Labute approximate surface area is 160 Å². The van der Waals surface area contributed by atoms with Crippen molar-refractivity contribution in [2.75, 3.05) is 11.9 Å². The monoisotopic (exact) mass is 373 g/mol. The average molecular weight is 374 g/mol. The number of nitrogens with zero attached hydrogens (tertiary/aromatic N) is 2. The molecule has 1 amide bonds. The summed E-state index contributed by atoms with van der Waals surface area (Å²) in [5.41, 5.74) is 4.19. The van der Waals surface area contributed by atoms with Gasteiger partial charge in [0.05, 0.1) is 11.6 Å². The number of allylic oxidation sites excluding steroid dienone is 2. The van der Waals surface area contributed by atoms with Crippen LogP contribution in [0.15, 0.2) is 41.9 Å². The number of thioether (sulfide) groups is 1. The predicted molar refractivity (Wildman–Crippen MR) is 111 cm³/mol. The number of hydrogen-bond acceptors (Lipinski definition) is 4. The average Bonchev–Trinajstić information content (AvgIpc) is 2.95. The summed E-state index contributed by atoms with van der Waals surface area (Å²) in [6.45, 7) is 14.4. The second-order valence-electron chi connectivity index (χ2n) is 5.46. The number of rotatable bonds is 3. The molecule has 0 saturated heterocycles. The molecule has 0 aliphatic carbocycles. The second-order valence-corrected chi connectivity index (χ2v) is 6.47. The van der Waals surface area contributed by atoms with Gasteiger partial charge in [-0.3, -0.25) is 5.32 Å². The summed E-state index contributed by atoms with van der Waals surface area (Å²) in [5.74, 6) is 0.467. The van der Waals surface area contributed by atoms with E-state index < -0.39 is 6.09 Å². The van der Waals surface area contributed by atoms with Crippen LogP contribution in [0, 0.1) is 13.8 Å². The van der Waals surface area contributed by atoms with Crippen LogP contribution in [0.3, 0.4) is 0 Å². The molecule has 0 saturated carbocycles. The highest BCUT2D eigenvalue weighted by molar-refractivity contribution is 8.08. The van der Waals surface area contributed by atoms with Crippen LogP contribution in [0.25, 0.3) is 10.6 Å². The number of amides is 1. The van der Waals surface area contributed by atoms with E-state index in [-0.39, 0.29) is 1.43 Å². The van der Waals surface area contributed by atoms with E-state index in [0.29, 0.717) is 12.4 Å². The van der Waals surface area contributed by atoms with Crippen molar-refractivity contribution < 1.29 is 11.0 Å². The minimum Gasteiger partial charge on any atom is -0.450 e. The van der Waals surface area contributed by atoms with Gasteiger partial charge in [0.25, 0.3) is 0 Å². The third kappa shape index (κ3) is 4.19. The lowest BCUT2D eigenvalue weighted by Gasteiger charge is -2.21.